The number of carbonyl (C=O) groups is 1. The molecule has 3 aromatic rings. The van der Waals surface area contributed by atoms with E-state index in [1.807, 2.05) is 0 Å². The highest BCUT2D eigenvalue weighted by Gasteiger charge is 2.26. The summed E-state index contributed by atoms with van der Waals surface area (Å²) in [5.41, 5.74) is 0.219. The number of hydrogen-bond donors (Lipinski definition) is 0. The molecule has 4 rings (SSSR count). The van der Waals surface area contributed by atoms with Gasteiger partial charge in [0.1, 0.15) is 6.61 Å². The number of aromatic nitrogens is 2. The van der Waals surface area contributed by atoms with Crippen molar-refractivity contribution in [2.24, 2.45) is 0 Å². The summed E-state index contributed by atoms with van der Waals surface area (Å²) in [6.07, 6.45) is 4.32. The lowest BCUT2D eigenvalue weighted by Gasteiger charge is -2.25. The van der Waals surface area contributed by atoms with Gasteiger partial charge < -0.3 is 4.74 Å². The number of rotatable bonds is 5. The van der Waals surface area contributed by atoms with Crippen LogP contribution in [0.1, 0.15) is 35.3 Å². The maximum absolute atomic E-state index is 12.8. The van der Waals surface area contributed by atoms with Crippen molar-refractivity contribution in [1.29, 1.82) is 0 Å². The van der Waals surface area contributed by atoms with Gasteiger partial charge in [0.15, 0.2) is 4.96 Å². The number of esters is 1. The Hall–Kier alpha value is -2.56. The van der Waals surface area contributed by atoms with Crippen LogP contribution < -0.4 is 5.56 Å². The summed E-state index contributed by atoms with van der Waals surface area (Å²) in [5, 5.41) is 1.74. The number of piperidine rings is 1. The fraction of sp³-hybridized carbons (Fsp3) is 0.316. The zero-order valence-corrected chi connectivity index (χ0v) is 17.1. The van der Waals surface area contributed by atoms with E-state index in [-0.39, 0.29) is 22.6 Å². The highest BCUT2D eigenvalue weighted by Crippen LogP contribution is 2.21. The van der Waals surface area contributed by atoms with Crippen molar-refractivity contribution < 1.29 is 17.9 Å². The second kappa shape index (κ2) is 8.05. The molecule has 1 fully saturated rings. The van der Waals surface area contributed by atoms with Crippen LogP contribution >= 0.6 is 11.3 Å². The number of benzene rings is 1. The summed E-state index contributed by atoms with van der Waals surface area (Å²) >= 11 is 1.30. The molecule has 0 spiro atoms. The highest BCUT2D eigenvalue weighted by molar-refractivity contribution is 7.89. The SMILES string of the molecule is O=C(OCc1cc(=O)n2ccsc2n1)c1cccc(S(=O)(=O)N2CCCCC2)c1. The molecule has 8 nitrogen and oxygen atoms in total. The lowest BCUT2D eigenvalue weighted by atomic mass is 10.2. The van der Waals surface area contributed by atoms with Crippen LogP contribution in [0.5, 0.6) is 0 Å². The van der Waals surface area contributed by atoms with E-state index in [4.69, 9.17) is 4.74 Å². The molecule has 1 aromatic carbocycles. The van der Waals surface area contributed by atoms with Crippen LogP contribution in [0.4, 0.5) is 0 Å². The van der Waals surface area contributed by atoms with Gasteiger partial charge in [-0.2, -0.15) is 4.31 Å². The Balaban J connectivity index is 1.50. The summed E-state index contributed by atoms with van der Waals surface area (Å²) in [6.45, 7) is 0.804. The lowest BCUT2D eigenvalue weighted by molar-refractivity contribution is 0.0467. The van der Waals surface area contributed by atoms with Crippen LogP contribution in [0, 0.1) is 0 Å². The van der Waals surface area contributed by atoms with Crippen LogP contribution in [-0.2, 0) is 21.4 Å². The van der Waals surface area contributed by atoms with Crippen molar-refractivity contribution in [2.75, 3.05) is 13.1 Å². The van der Waals surface area contributed by atoms with E-state index in [1.54, 1.807) is 11.6 Å². The fourth-order valence-corrected chi connectivity index (χ4v) is 5.52. The van der Waals surface area contributed by atoms with E-state index in [1.165, 1.54) is 50.4 Å². The third-order valence-electron chi connectivity index (χ3n) is 4.73. The molecule has 152 valence electrons. The Kier molecular flexibility index (Phi) is 5.48. The third kappa shape index (κ3) is 4.09. The van der Waals surface area contributed by atoms with Crippen LogP contribution in [-0.4, -0.2) is 41.2 Å². The number of carbonyl (C=O) groups excluding carboxylic acids is 1. The number of thiazole rings is 1. The summed E-state index contributed by atoms with van der Waals surface area (Å²) in [5.74, 6) is -0.672. The molecule has 2 aromatic heterocycles. The first-order chi connectivity index (χ1) is 13.9. The molecule has 0 N–H and O–H groups in total. The van der Waals surface area contributed by atoms with Gasteiger partial charge in [0.05, 0.1) is 16.2 Å². The summed E-state index contributed by atoms with van der Waals surface area (Å²) < 4.78 is 33.7. The average Bonchev–Trinajstić information content (AvgIpc) is 3.22. The molecule has 1 aliphatic heterocycles. The van der Waals surface area contributed by atoms with Gasteiger partial charge in [-0.05, 0) is 31.0 Å². The molecule has 0 radical (unpaired) electrons. The van der Waals surface area contributed by atoms with Gasteiger partial charge >= 0.3 is 5.97 Å². The Morgan fingerprint density at radius 3 is 2.76 bits per heavy atom. The molecular weight excluding hydrogens is 414 g/mol. The summed E-state index contributed by atoms with van der Waals surface area (Å²) in [6, 6.07) is 7.15. The van der Waals surface area contributed by atoms with Gasteiger partial charge in [0.2, 0.25) is 10.0 Å². The molecule has 0 aliphatic carbocycles. The van der Waals surface area contributed by atoms with Gasteiger partial charge in [-0.3, -0.25) is 9.20 Å². The van der Waals surface area contributed by atoms with Crippen LogP contribution in [0.2, 0.25) is 0 Å². The molecule has 0 atom stereocenters. The largest absolute Gasteiger partial charge is 0.456 e. The topological polar surface area (TPSA) is 98.0 Å². The van der Waals surface area contributed by atoms with Crippen LogP contribution in [0.3, 0.4) is 0 Å². The summed E-state index contributed by atoms with van der Waals surface area (Å²) in [4.78, 5) is 29.3. The zero-order chi connectivity index (χ0) is 20.4. The minimum Gasteiger partial charge on any atom is -0.456 e. The standard InChI is InChI=1S/C19H19N3O5S2/c23-17-12-15(20-19-22(17)9-10-28-19)13-27-18(24)14-5-4-6-16(11-14)29(25,26)21-7-2-1-3-8-21/h4-6,9-12H,1-3,7-8,13H2. The van der Waals surface area contributed by atoms with E-state index in [0.717, 1.165) is 19.3 Å². The van der Waals surface area contributed by atoms with E-state index >= 15 is 0 Å². The van der Waals surface area contributed by atoms with Gasteiger partial charge in [0, 0.05) is 30.7 Å². The lowest BCUT2D eigenvalue weighted by Crippen LogP contribution is -2.35. The minimum atomic E-state index is -3.64. The molecule has 1 saturated heterocycles. The monoisotopic (exact) mass is 433 g/mol. The molecule has 3 heterocycles. The first kappa shape index (κ1) is 19.7. The molecule has 29 heavy (non-hydrogen) atoms. The first-order valence-electron chi connectivity index (χ1n) is 9.18. The van der Waals surface area contributed by atoms with Gasteiger partial charge in [-0.1, -0.05) is 12.5 Å². The molecule has 0 bridgehead atoms. The van der Waals surface area contributed by atoms with Gasteiger partial charge in [0.25, 0.3) is 5.56 Å². The predicted molar refractivity (Wildman–Crippen MR) is 108 cm³/mol. The quantitative estimate of drug-likeness (QED) is 0.573. The maximum Gasteiger partial charge on any atom is 0.338 e. The molecule has 10 heteroatoms. The Bertz CT molecular complexity index is 1210. The first-order valence-corrected chi connectivity index (χ1v) is 11.5. The summed E-state index contributed by atoms with van der Waals surface area (Å²) in [7, 11) is -3.64. The Labute approximate surface area is 171 Å². The van der Waals surface area contributed by atoms with E-state index in [0.29, 0.717) is 23.7 Å². The smallest absolute Gasteiger partial charge is 0.338 e. The van der Waals surface area contributed by atoms with Crippen molar-refractivity contribution in [1.82, 2.24) is 13.7 Å². The average molecular weight is 434 g/mol. The van der Waals surface area contributed by atoms with Gasteiger partial charge in [-0.25, -0.2) is 18.2 Å². The number of fused-ring (bicyclic) bond motifs is 1. The third-order valence-corrected chi connectivity index (χ3v) is 7.38. The van der Waals surface area contributed by atoms with Crippen molar-refractivity contribution in [3.05, 3.63) is 63.5 Å². The number of hydrogen-bond acceptors (Lipinski definition) is 7. The Morgan fingerprint density at radius 2 is 1.97 bits per heavy atom. The van der Waals surface area contributed by atoms with Crippen molar-refractivity contribution >= 4 is 32.3 Å². The normalized spacial score (nSPS) is 15.4. The molecule has 0 amide bonds. The fourth-order valence-electron chi connectivity index (χ4n) is 3.22. The number of nitrogens with zero attached hydrogens (tertiary/aromatic N) is 3. The predicted octanol–water partition coefficient (Wildman–Crippen LogP) is 2.29. The number of ether oxygens (including phenoxy) is 1. The Morgan fingerprint density at radius 1 is 1.17 bits per heavy atom. The second-order valence-electron chi connectivity index (χ2n) is 6.71. The molecule has 0 saturated carbocycles. The van der Waals surface area contributed by atoms with Crippen LogP contribution in [0.15, 0.2) is 51.6 Å². The van der Waals surface area contributed by atoms with Crippen molar-refractivity contribution in [3.8, 4) is 0 Å². The molecule has 1 aliphatic rings. The van der Waals surface area contributed by atoms with E-state index in [2.05, 4.69) is 4.98 Å². The maximum atomic E-state index is 12.8. The minimum absolute atomic E-state index is 0.0743. The molecular formula is C19H19N3O5S2. The van der Waals surface area contributed by atoms with Crippen LogP contribution in [0.25, 0.3) is 4.96 Å². The second-order valence-corrected chi connectivity index (χ2v) is 9.52. The van der Waals surface area contributed by atoms with E-state index in [9.17, 15) is 18.0 Å². The van der Waals surface area contributed by atoms with Crippen molar-refractivity contribution in [2.45, 2.75) is 30.8 Å². The zero-order valence-electron chi connectivity index (χ0n) is 15.5. The highest BCUT2D eigenvalue weighted by atomic mass is 32.2. The van der Waals surface area contributed by atoms with Gasteiger partial charge in [-0.15, -0.1) is 11.3 Å². The van der Waals surface area contributed by atoms with Crippen molar-refractivity contribution in [3.63, 3.8) is 0 Å². The number of sulfonamides is 1. The molecule has 0 unspecified atom stereocenters. The van der Waals surface area contributed by atoms with E-state index < -0.39 is 16.0 Å².